The minimum Gasteiger partial charge on any atom is -0.368 e. The van der Waals surface area contributed by atoms with Crippen LogP contribution in [-0.4, -0.2) is 48.9 Å². The Kier molecular flexibility index (Phi) is 5.79. The Bertz CT molecular complexity index is 812. The van der Waals surface area contributed by atoms with Crippen molar-refractivity contribution in [1.82, 2.24) is 10.2 Å². The van der Waals surface area contributed by atoms with Gasteiger partial charge in [0.2, 0.25) is 5.91 Å². The van der Waals surface area contributed by atoms with E-state index in [4.69, 9.17) is 0 Å². The number of aryl methyl sites for hydroxylation is 2. The number of carbonyl (C=O) groups is 2. The Balaban J connectivity index is 1.55. The van der Waals surface area contributed by atoms with Crippen molar-refractivity contribution in [3.05, 3.63) is 65.2 Å². The second-order valence-corrected chi connectivity index (χ2v) is 7.14. The molecule has 5 heteroatoms. The molecule has 0 unspecified atom stereocenters. The Morgan fingerprint density at radius 2 is 1.59 bits per heavy atom. The molecule has 0 aliphatic carbocycles. The fourth-order valence-electron chi connectivity index (χ4n) is 3.32. The molecule has 0 aromatic heterocycles. The lowest BCUT2D eigenvalue weighted by Crippen LogP contribution is -2.54. The minimum absolute atomic E-state index is 0.0279. The van der Waals surface area contributed by atoms with E-state index in [1.165, 1.54) is 5.69 Å². The van der Waals surface area contributed by atoms with Crippen molar-refractivity contribution in [3.8, 4) is 0 Å². The van der Waals surface area contributed by atoms with Gasteiger partial charge in [-0.15, -0.1) is 0 Å². The molecule has 1 aliphatic rings. The first-order valence-corrected chi connectivity index (χ1v) is 9.42. The maximum Gasteiger partial charge on any atom is 0.251 e. The van der Waals surface area contributed by atoms with Crippen LogP contribution in [0.2, 0.25) is 0 Å². The number of piperazine rings is 1. The highest BCUT2D eigenvalue weighted by atomic mass is 16.2. The topological polar surface area (TPSA) is 52.7 Å². The van der Waals surface area contributed by atoms with Crippen LogP contribution in [0.25, 0.3) is 0 Å². The van der Waals surface area contributed by atoms with Gasteiger partial charge in [0, 0.05) is 37.4 Å². The van der Waals surface area contributed by atoms with Crippen LogP contribution in [0, 0.1) is 13.8 Å². The van der Waals surface area contributed by atoms with Gasteiger partial charge < -0.3 is 15.1 Å². The molecule has 2 amide bonds. The molecule has 3 rings (SSSR count). The molecule has 1 atom stereocenters. The van der Waals surface area contributed by atoms with Crippen molar-refractivity contribution in [2.75, 3.05) is 31.1 Å². The molecule has 1 heterocycles. The molecule has 5 nitrogen and oxygen atoms in total. The fraction of sp³-hybridized carbons (Fsp3) is 0.364. The highest BCUT2D eigenvalue weighted by Gasteiger charge is 2.26. The highest BCUT2D eigenvalue weighted by molar-refractivity contribution is 5.97. The molecule has 1 N–H and O–H groups in total. The average Bonchev–Trinajstić information content (AvgIpc) is 2.70. The van der Waals surface area contributed by atoms with E-state index >= 15 is 0 Å². The van der Waals surface area contributed by atoms with E-state index in [1.807, 2.05) is 49.1 Å². The first-order valence-electron chi connectivity index (χ1n) is 9.42. The van der Waals surface area contributed by atoms with Crippen LogP contribution in [-0.2, 0) is 4.79 Å². The van der Waals surface area contributed by atoms with Crippen LogP contribution in [0.5, 0.6) is 0 Å². The van der Waals surface area contributed by atoms with Crippen molar-refractivity contribution in [2.24, 2.45) is 0 Å². The van der Waals surface area contributed by atoms with Gasteiger partial charge in [0.05, 0.1) is 0 Å². The number of nitrogens with zero attached hydrogens (tertiary/aromatic N) is 2. The molecule has 142 valence electrons. The van der Waals surface area contributed by atoms with E-state index in [0.717, 1.165) is 24.2 Å². The molecule has 2 aromatic rings. The normalized spacial score (nSPS) is 15.4. The SMILES string of the molecule is Cc1ccc(C(=O)N[C@@H](C)C(=O)N2CCN(c3ccccc3)CC2)cc1C. The molecule has 27 heavy (non-hydrogen) atoms. The lowest BCUT2D eigenvalue weighted by Gasteiger charge is -2.37. The fourth-order valence-corrected chi connectivity index (χ4v) is 3.32. The van der Waals surface area contributed by atoms with Gasteiger partial charge in [-0.25, -0.2) is 0 Å². The largest absolute Gasteiger partial charge is 0.368 e. The zero-order chi connectivity index (χ0) is 19.4. The van der Waals surface area contributed by atoms with Gasteiger partial charge in [-0.05, 0) is 56.2 Å². The van der Waals surface area contributed by atoms with Crippen LogP contribution in [0.1, 0.15) is 28.4 Å². The second-order valence-electron chi connectivity index (χ2n) is 7.14. The van der Waals surface area contributed by atoms with E-state index in [1.54, 1.807) is 13.0 Å². The lowest BCUT2D eigenvalue weighted by atomic mass is 10.1. The van der Waals surface area contributed by atoms with Crippen LogP contribution in [0.4, 0.5) is 5.69 Å². The van der Waals surface area contributed by atoms with Crippen molar-refractivity contribution in [1.29, 1.82) is 0 Å². The van der Waals surface area contributed by atoms with Gasteiger partial charge in [0.15, 0.2) is 0 Å². The Hall–Kier alpha value is -2.82. The molecular weight excluding hydrogens is 338 g/mol. The van der Waals surface area contributed by atoms with Crippen LogP contribution in [0.15, 0.2) is 48.5 Å². The van der Waals surface area contributed by atoms with Gasteiger partial charge in [-0.1, -0.05) is 24.3 Å². The summed E-state index contributed by atoms with van der Waals surface area (Å²) in [5.74, 6) is -0.234. The lowest BCUT2D eigenvalue weighted by molar-refractivity contribution is -0.133. The quantitative estimate of drug-likeness (QED) is 0.906. The molecule has 1 saturated heterocycles. The number of anilines is 1. The van der Waals surface area contributed by atoms with Gasteiger partial charge in [0.1, 0.15) is 6.04 Å². The molecule has 0 spiro atoms. The van der Waals surface area contributed by atoms with Crippen molar-refractivity contribution < 1.29 is 9.59 Å². The van der Waals surface area contributed by atoms with Crippen LogP contribution < -0.4 is 10.2 Å². The smallest absolute Gasteiger partial charge is 0.251 e. The summed E-state index contributed by atoms with van der Waals surface area (Å²) >= 11 is 0. The van der Waals surface area contributed by atoms with E-state index < -0.39 is 6.04 Å². The number of rotatable bonds is 4. The summed E-state index contributed by atoms with van der Waals surface area (Å²) in [4.78, 5) is 29.3. The summed E-state index contributed by atoms with van der Waals surface area (Å²) in [6.45, 7) is 8.67. The van der Waals surface area contributed by atoms with E-state index in [0.29, 0.717) is 18.7 Å². The Labute approximate surface area is 161 Å². The molecule has 1 fully saturated rings. The molecule has 0 saturated carbocycles. The molecule has 0 bridgehead atoms. The number of hydrogen-bond donors (Lipinski definition) is 1. The number of nitrogens with one attached hydrogen (secondary N) is 1. The zero-order valence-electron chi connectivity index (χ0n) is 16.2. The zero-order valence-corrected chi connectivity index (χ0v) is 16.2. The van der Waals surface area contributed by atoms with Gasteiger partial charge in [0.25, 0.3) is 5.91 Å². The third kappa shape index (κ3) is 4.48. The van der Waals surface area contributed by atoms with Crippen LogP contribution in [0.3, 0.4) is 0 Å². The first kappa shape index (κ1) is 19.0. The number of amides is 2. The summed E-state index contributed by atoms with van der Waals surface area (Å²) in [6, 6.07) is 15.3. The summed E-state index contributed by atoms with van der Waals surface area (Å²) in [5, 5.41) is 2.84. The molecular formula is C22H27N3O2. The minimum atomic E-state index is -0.539. The summed E-state index contributed by atoms with van der Waals surface area (Å²) in [5.41, 5.74) is 3.98. The van der Waals surface area contributed by atoms with Gasteiger partial charge in [-0.3, -0.25) is 9.59 Å². The molecule has 2 aromatic carbocycles. The van der Waals surface area contributed by atoms with Gasteiger partial charge in [-0.2, -0.15) is 0 Å². The van der Waals surface area contributed by atoms with Crippen molar-refractivity contribution in [3.63, 3.8) is 0 Å². The third-order valence-corrected chi connectivity index (χ3v) is 5.20. The maximum atomic E-state index is 12.7. The first-order chi connectivity index (χ1) is 13.0. The highest BCUT2D eigenvalue weighted by Crippen LogP contribution is 2.16. The molecule has 0 radical (unpaired) electrons. The summed E-state index contributed by atoms with van der Waals surface area (Å²) in [7, 11) is 0. The van der Waals surface area contributed by atoms with Crippen molar-refractivity contribution in [2.45, 2.75) is 26.8 Å². The Morgan fingerprint density at radius 1 is 0.926 bits per heavy atom. The van der Waals surface area contributed by atoms with Gasteiger partial charge >= 0.3 is 0 Å². The predicted molar refractivity (Wildman–Crippen MR) is 108 cm³/mol. The van der Waals surface area contributed by atoms with Crippen LogP contribution >= 0.6 is 0 Å². The standard InChI is InChI=1S/C22H27N3O2/c1-16-9-10-19(15-17(16)2)21(26)23-18(3)22(27)25-13-11-24(12-14-25)20-7-5-4-6-8-20/h4-10,15,18H,11-14H2,1-3H3,(H,23,26)/t18-/m0/s1. The third-order valence-electron chi connectivity index (χ3n) is 5.20. The number of carbonyl (C=O) groups excluding carboxylic acids is 2. The number of benzene rings is 2. The van der Waals surface area contributed by atoms with E-state index in [2.05, 4.69) is 22.3 Å². The number of para-hydroxylation sites is 1. The summed E-state index contributed by atoms with van der Waals surface area (Å²) in [6.07, 6.45) is 0. The summed E-state index contributed by atoms with van der Waals surface area (Å²) < 4.78 is 0. The predicted octanol–water partition coefficient (Wildman–Crippen LogP) is 2.77. The Morgan fingerprint density at radius 3 is 2.22 bits per heavy atom. The monoisotopic (exact) mass is 365 g/mol. The van der Waals surface area contributed by atoms with Crippen molar-refractivity contribution >= 4 is 17.5 Å². The van der Waals surface area contributed by atoms with E-state index in [-0.39, 0.29) is 11.8 Å². The average molecular weight is 365 g/mol. The van der Waals surface area contributed by atoms with E-state index in [9.17, 15) is 9.59 Å². The molecule has 1 aliphatic heterocycles. The number of hydrogen-bond acceptors (Lipinski definition) is 3. The second kappa shape index (κ2) is 8.25. The maximum absolute atomic E-state index is 12.7.